The normalized spacial score (nSPS) is 10.2. The predicted octanol–water partition coefficient (Wildman–Crippen LogP) is 3.53. The van der Waals surface area contributed by atoms with Crippen LogP contribution in [0.1, 0.15) is 28.4 Å². The van der Waals surface area contributed by atoms with Crippen LogP contribution in [0, 0.1) is 0 Å². The maximum absolute atomic E-state index is 10.8. The molecule has 2 aromatic carbocycles. The molecule has 0 radical (unpaired) electrons. The highest BCUT2D eigenvalue weighted by Crippen LogP contribution is 2.15. The van der Waals surface area contributed by atoms with Crippen molar-refractivity contribution in [2.24, 2.45) is 0 Å². The average molecular weight is 256 g/mol. The second-order valence-corrected chi connectivity index (χ2v) is 4.29. The first kappa shape index (κ1) is 13.1. The lowest BCUT2D eigenvalue weighted by Crippen LogP contribution is -1.99. The van der Waals surface area contributed by atoms with Crippen molar-refractivity contribution in [2.75, 3.05) is 0 Å². The minimum atomic E-state index is -0.947. The first-order valence-corrected chi connectivity index (χ1v) is 6.23. The van der Waals surface area contributed by atoms with Crippen LogP contribution in [0.15, 0.2) is 48.5 Å². The number of aromatic carboxylic acids is 1. The first-order valence-electron chi connectivity index (χ1n) is 6.23. The Kier molecular flexibility index (Phi) is 4.18. The van der Waals surface area contributed by atoms with Crippen LogP contribution >= 0.6 is 0 Å². The first-order chi connectivity index (χ1) is 9.19. The van der Waals surface area contributed by atoms with Gasteiger partial charge < -0.3 is 9.84 Å². The van der Waals surface area contributed by atoms with Crippen molar-refractivity contribution < 1.29 is 14.6 Å². The zero-order valence-electron chi connectivity index (χ0n) is 10.8. The molecular weight excluding hydrogens is 240 g/mol. The zero-order chi connectivity index (χ0) is 13.7. The van der Waals surface area contributed by atoms with Gasteiger partial charge in [-0.15, -0.1) is 0 Å². The Labute approximate surface area is 112 Å². The molecule has 0 atom stereocenters. The van der Waals surface area contributed by atoms with E-state index in [0.29, 0.717) is 12.4 Å². The quantitative estimate of drug-likeness (QED) is 0.890. The number of carboxylic acids is 1. The molecule has 98 valence electrons. The molecule has 0 aromatic heterocycles. The molecule has 3 heteroatoms. The van der Waals surface area contributed by atoms with E-state index in [1.165, 1.54) is 11.6 Å². The van der Waals surface area contributed by atoms with Crippen LogP contribution in [0.2, 0.25) is 0 Å². The molecule has 0 unspecified atom stereocenters. The Morgan fingerprint density at radius 1 is 1.11 bits per heavy atom. The van der Waals surface area contributed by atoms with E-state index >= 15 is 0 Å². The average Bonchev–Trinajstić information content (AvgIpc) is 2.46. The number of ether oxygens (including phenoxy) is 1. The summed E-state index contributed by atoms with van der Waals surface area (Å²) in [4.78, 5) is 10.8. The van der Waals surface area contributed by atoms with Crippen molar-refractivity contribution in [3.8, 4) is 5.75 Å². The lowest BCUT2D eigenvalue weighted by molar-refractivity contribution is 0.0696. The number of carboxylic acid groups (broad SMARTS) is 1. The van der Waals surface area contributed by atoms with Gasteiger partial charge in [0.2, 0.25) is 0 Å². The molecule has 2 aromatic rings. The third-order valence-electron chi connectivity index (χ3n) is 2.92. The molecule has 0 spiro atoms. The van der Waals surface area contributed by atoms with Crippen LogP contribution < -0.4 is 4.74 Å². The maximum Gasteiger partial charge on any atom is 0.335 e. The van der Waals surface area contributed by atoms with Gasteiger partial charge in [0, 0.05) is 0 Å². The molecule has 0 bridgehead atoms. The van der Waals surface area contributed by atoms with Gasteiger partial charge >= 0.3 is 5.97 Å². The van der Waals surface area contributed by atoms with Crippen molar-refractivity contribution >= 4 is 5.97 Å². The lowest BCUT2D eigenvalue weighted by atomic mass is 10.1. The number of rotatable bonds is 5. The molecule has 19 heavy (non-hydrogen) atoms. The fourth-order valence-corrected chi connectivity index (χ4v) is 1.76. The van der Waals surface area contributed by atoms with Gasteiger partial charge in [-0.3, -0.25) is 0 Å². The van der Waals surface area contributed by atoms with E-state index in [4.69, 9.17) is 9.84 Å². The van der Waals surface area contributed by atoms with Gasteiger partial charge in [-0.2, -0.15) is 0 Å². The second-order valence-electron chi connectivity index (χ2n) is 4.29. The summed E-state index contributed by atoms with van der Waals surface area (Å²) in [5.74, 6) is -0.378. The Bertz CT molecular complexity index is 558. The van der Waals surface area contributed by atoms with Gasteiger partial charge in [-0.1, -0.05) is 37.3 Å². The number of carbonyl (C=O) groups is 1. The van der Waals surface area contributed by atoms with E-state index in [9.17, 15) is 4.79 Å². The topological polar surface area (TPSA) is 46.5 Å². The van der Waals surface area contributed by atoms with Crippen molar-refractivity contribution in [3.63, 3.8) is 0 Å². The van der Waals surface area contributed by atoms with Crippen LogP contribution in [-0.2, 0) is 13.0 Å². The number of benzene rings is 2. The summed E-state index contributed by atoms with van der Waals surface area (Å²) in [5.41, 5.74) is 2.59. The number of hydrogen-bond donors (Lipinski definition) is 1. The highest BCUT2D eigenvalue weighted by atomic mass is 16.5. The summed E-state index contributed by atoms with van der Waals surface area (Å²) in [6, 6.07) is 14.7. The fourth-order valence-electron chi connectivity index (χ4n) is 1.76. The third kappa shape index (κ3) is 3.58. The van der Waals surface area contributed by atoms with Crippen molar-refractivity contribution in [2.45, 2.75) is 20.0 Å². The third-order valence-corrected chi connectivity index (χ3v) is 2.92. The second kappa shape index (κ2) is 6.05. The highest BCUT2D eigenvalue weighted by molar-refractivity contribution is 5.87. The predicted molar refractivity (Wildman–Crippen MR) is 73.6 cm³/mol. The molecule has 0 aliphatic rings. The van der Waals surface area contributed by atoms with Crippen LogP contribution in [0.25, 0.3) is 0 Å². The van der Waals surface area contributed by atoms with E-state index in [-0.39, 0.29) is 5.56 Å². The highest BCUT2D eigenvalue weighted by Gasteiger charge is 2.04. The Balaban J connectivity index is 2.01. The summed E-state index contributed by atoms with van der Waals surface area (Å²) < 4.78 is 5.59. The van der Waals surface area contributed by atoms with Crippen LogP contribution in [0.5, 0.6) is 5.75 Å². The largest absolute Gasteiger partial charge is 0.489 e. The van der Waals surface area contributed by atoms with E-state index in [2.05, 4.69) is 19.1 Å². The molecule has 0 amide bonds. The van der Waals surface area contributed by atoms with E-state index in [1.54, 1.807) is 18.2 Å². The standard InChI is InChI=1S/C16H16O3/c1-2-12-6-8-13(9-7-12)11-19-15-5-3-4-14(10-15)16(17)18/h3-10H,2,11H2,1H3,(H,17,18). The molecule has 0 aliphatic carbocycles. The molecule has 0 aliphatic heterocycles. The van der Waals surface area contributed by atoms with Gasteiger partial charge in [0.15, 0.2) is 0 Å². The van der Waals surface area contributed by atoms with E-state index in [1.807, 2.05) is 12.1 Å². The minimum absolute atomic E-state index is 0.235. The van der Waals surface area contributed by atoms with Crippen molar-refractivity contribution in [1.82, 2.24) is 0 Å². The van der Waals surface area contributed by atoms with E-state index < -0.39 is 5.97 Å². The molecule has 3 nitrogen and oxygen atoms in total. The molecule has 0 heterocycles. The van der Waals surface area contributed by atoms with Gasteiger partial charge in [0.25, 0.3) is 0 Å². The summed E-state index contributed by atoms with van der Waals surface area (Å²) in [7, 11) is 0. The fraction of sp³-hybridized carbons (Fsp3) is 0.188. The van der Waals surface area contributed by atoms with Gasteiger partial charge in [0.05, 0.1) is 5.56 Å². The monoisotopic (exact) mass is 256 g/mol. The van der Waals surface area contributed by atoms with Crippen LogP contribution in [0.3, 0.4) is 0 Å². The smallest absolute Gasteiger partial charge is 0.335 e. The minimum Gasteiger partial charge on any atom is -0.489 e. The van der Waals surface area contributed by atoms with Crippen LogP contribution in [-0.4, -0.2) is 11.1 Å². The molecule has 0 saturated carbocycles. The Hall–Kier alpha value is -2.29. The van der Waals surface area contributed by atoms with Gasteiger partial charge in [-0.05, 0) is 35.7 Å². The number of hydrogen-bond acceptors (Lipinski definition) is 2. The SMILES string of the molecule is CCc1ccc(COc2cccc(C(=O)O)c2)cc1. The molecule has 0 saturated heterocycles. The van der Waals surface area contributed by atoms with Gasteiger partial charge in [0.1, 0.15) is 12.4 Å². The van der Waals surface area contributed by atoms with E-state index in [0.717, 1.165) is 12.0 Å². The molecule has 2 rings (SSSR count). The molecule has 0 fully saturated rings. The number of aryl methyl sites for hydroxylation is 1. The maximum atomic E-state index is 10.8. The Morgan fingerprint density at radius 3 is 2.42 bits per heavy atom. The zero-order valence-corrected chi connectivity index (χ0v) is 10.8. The van der Waals surface area contributed by atoms with Gasteiger partial charge in [-0.25, -0.2) is 4.79 Å². The molecular formula is C16H16O3. The summed E-state index contributed by atoms with van der Waals surface area (Å²) >= 11 is 0. The summed E-state index contributed by atoms with van der Waals surface area (Å²) in [6.45, 7) is 2.55. The summed E-state index contributed by atoms with van der Waals surface area (Å²) in [5, 5.41) is 8.90. The Morgan fingerprint density at radius 2 is 1.79 bits per heavy atom. The molecule has 1 N–H and O–H groups in total. The van der Waals surface area contributed by atoms with Crippen LogP contribution in [0.4, 0.5) is 0 Å². The summed E-state index contributed by atoms with van der Waals surface area (Å²) in [6.07, 6.45) is 1.02. The van der Waals surface area contributed by atoms with Crippen molar-refractivity contribution in [1.29, 1.82) is 0 Å². The van der Waals surface area contributed by atoms with Crippen molar-refractivity contribution in [3.05, 3.63) is 65.2 Å². The lowest BCUT2D eigenvalue weighted by Gasteiger charge is -2.07.